The summed E-state index contributed by atoms with van der Waals surface area (Å²) in [6, 6.07) is 0. The fraction of sp³-hybridized carbons (Fsp3) is 0.667. The van der Waals surface area contributed by atoms with Crippen molar-refractivity contribution in [3.63, 3.8) is 0 Å². The summed E-state index contributed by atoms with van der Waals surface area (Å²) in [5.41, 5.74) is 0.324. The van der Waals surface area contributed by atoms with Crippen molar-refractivity contribution in [1.29, 1.82) is 0 Å². The highest BCUT2D eigenvalue weighted by atomic mass is 79.9. The normalized spacial score (nSPS) is 31.1. The number of hydrogen-bond acceptors (Lipinski definition) is 5. The third-order valence-corrected chi connectivity index (χ3v) is 7.82. The first kappa shape index (κ1) is 20.7. The van der Waals surface area contributed by atoms with E-state index in [0.717, 1.165) is 32.1 Å². The molecule has 4 aliphatic carbocycles. The zero-order valence-corrected chi connectivity index (χ0v) is 19.7. The number of halogens is 1. The molecule has 9 nitrogen and oxygen atoms in total. The molecule has 0 radical (unpaired) electrons. The molecule has 2 aromatic rings. The molecule has 1 N–H and O–H groups in total. The second-order valence-corrected chi connectivity index (χ2v) is 10.5. The number of nitrogens with one attached hydrogen (secondary N) is 1. The van der Waals surface area contributed by atoms with Crippen molar-refractivity contribution in [2.24, 2.45) is 17.3 Å². The first-order valence-corrected chi connectivity index (χ1v) is 11.7. The molecule has 0 aliphatic heterocycles. The summed E-state index contributed by atoms with van der Waals surface area (Å²) in [6.45, 7) is 2.49. The van der Waals surface area contributed by atoms with Crippen molar-refractivity contribution in [1.82, 2.24) is 29.4 Å². The smallest absolute Gasteiger partial charge is 0.273 e. The van der Waals surface area contributed by atoms with Crippen LogP contribution in [0.5, 0.6) is 0 Å². The highest BCUT2D eigenvalue weighted by Gasteiger charge is 2.61. The molecule has 2 aromatic heterocycles. The Kier molecular flexibility index (Phi) is 4.76. The minimum Gasteiger partial charge on any atom is -0.343 e. The molecule has 0 aromatic carbocycles. The van der Waals surface area contributed by atoms with Crippen LogP contribution in [0.4, 0.5) is 5.69 Å². The average molecular weight is 490 g/mol. The molecule has 166 valence electrons. The van der Waals surface area contributed by atoms with Gasteiger partial charge in [-0.15, -0.1) is 5.10 Å². The summed E-state index contributed by atoms with van der Waals surface area (Å²) in [5, 5.41) is 12.0. The summed E-state index contributed by atoms with van der Waals surface area (Å²) in [7, 11) is 3.42. The van der Waals surface area contributed by atoms with Crippen LogP contribution in [0.1, 0.15) is 55.9 Å². The van der Waals surface area contributed by atoms with Crippen molar-refractivity contribution in [2.45, 2.75) is 57.5 Å². The molecular weight excluding hydrogens is 462 g/mol. The lowest BCUT2D eigenvalue weighted by Crippen LogP contribution is -2.60. The maximum Gasteiger partial charge on any atom is 0.273 e. The van der Waals surface area contributed by atoms with Gasteiger partial charge in [-0.3, -0.25) is 14.3 Å². The molecule has 4 aliphatic rings. The highest BCUT2D eigenvalue weighted by molar-refractivity contribution is 9.10. The quantitative estimate of drug-likeness (QED) is 0.695. The Balaban J connectivity index is 1.47. The van der Waals surface area contributed by atoms with Crippen LogP contribution in [-0.2, 0) is 16.9 Å². The number of aryl methyl sites for hydroxylation is 1. The van der Waals surface area contributed by atoms with E-state index < -0.39 is 5.41 Å². The lowest BCUT2D eigenvalue weighted by atomic mass is 9.46. The van der Waals surface area contributed by atoms with Crippen LogP contribution in [0.15, 0.2) is 17.3 Å². The van der Waals surface area contributed by atoms with E-state index in [9.17, 15) is 9.59 Å². The number of aromatic nitrogens is 5. The van der Waals surface area contributed by atoms with Gasteiger partial charge in [0, 0.05) is 20.6 Å². The number of carbonyl (C=O) groups excluding carboxylic acids is 2. The van der Waals surface area contributed by atoms with Crippen molar-refractivity contribution < 1.29 is 9.59 Å². The predicted molar refractivity (Wildman–Crippen MR) is 117 cm³/mol. The van der Waals surface area contributed by atoms with Gasteiger partial charge in [-0.1, -0.05) is 0 Å². The van der Waals surface area contributed by atoms with E-state index in [0.29, 0.717) is 34.5 Å². The topological polar surface area (TPSA) is 97.9 Å². The van der Waals surface area contributed by atoms with Gasteiger partial charge in [-0.2, -0.15) is 5.10 Å². The van der Waals surface area contributed by atoms with Crippen molar-refractivity contribution in [3.05, 3.63) is 23.0 Å². The molecule has 0 spiro atoms. The zero-order chi connectivity index (χ0) is 22.0. The molecule has 2 amide bonds. The van der Waals surface area contributed by atoms with E-state index in [1.54, 1.807) is 31.3 Å². The van der Waals surface area contributed by atoms with Crippen LogP contribution in [0.3, 0.4) is 0 Å². The van der Waals surface area contributed by atoms with Crippen molar-refractivity contribution in [2.75, 3.05) is 19.4 Å². The molecular formula is C21H28BrN7O2. The second kappa shape index (κ2) is 7.15. The molecule has 31 heavy (non-hydrogen) atoms. The van der Waals surface area contributed by atoms with Gasteiger partial charge in [0.1, 0.15) is 12.0 Å². The van der Waals surface area contributed by atoms with E-state index in [1.807, 2.05) is 11.6 Å². The Morgan fingerprint density at radius 1 is 1.26 bits per heavy atom. The first-order chi connectivity index (χ1) is 14.7. The third-order valence-electron chi connectivity index (χ3n) is 7.46. The Bertz CT molecular complexity index is 1030. The molecule has 4 fully saturated rings. The Labute approximate surface area is 189 Å². The number of hydrogen-bond donors (Lipinski definition) is 1. The maximum absolute atomic E-state index is 13.8. The molecule has 4 saturated carbocycles. The fourth-order valence-corrected chi connectivity index (χ4v) is 6.89. The third kappa shape index (κ3) is 3.21. The first-order valence-electron chi connectivity index (χ1n) is 10.9. The van der Waals surface area contributed by atoms with E-state index in [4.69, 9.17) is 0 Å². The average Bonchev–Trinajstić information content (AvgIpc) is 3.32. The summed E-state index contributed by atoms with van der Waals surface area (Å²) in [5.74, 6) is 0.866. The van der Waals surface area contributed by atoms with Crippen LogP contribution >= 0.6 is 15.9 Å². The Hall–Kier alpha value is -2.23. The Morgan fingerprint density at radius 3 is 2.55 bits per heavy atom. The lowest BCUT2D eigenvalue weighted by molar-refractivity contribution is -0.150. The highest BCUT2D eigenvalue weighted by Crippen LogP contribution is 2.64. The van der Waals surface area contributed by atoms with Gasteiger partial charge in [0.05, 0.1) is 22.8 Å². The van der Waals surface area contributed by atoms with E-state index in [-0.39, 0.29) is 17.4 Å². The number of amides is 2. The number of carbonyl (C=O) groups is 2. The maximum atomic E-state index is 13.8. The zero-order valence-electron chi connectivity index (χ0n) is 18.1. The molecule has 0 saturated heterocycles. The van der Waals surface area contributed by atoms with Gasteiger partial charge in [0.15, 0.2) is 0 Å². The van der Waals surface area contributed by atoms with Crippen LogP contribution in [-0.4, -0.2) is 55.4 Å². The fourth-order valence-electron chi connectivity index (χ4n) is 6.63. The summed E-state index contributed by atoms with van der Waals surface area (Å²) < 4.78 is 4.22. The lowest BCUT2D eigenvalue weighted by Gasteiger charge is -2.60. The van der Waals surface area contributed by atoms with E-state index in [2.05, 4.69) is 36.4 Å². The number of nitrogens with zero attached hydrogens (tertiary/aromatic N) is 6. The minimum absolute atomic E-state index is 0.00798. The van der Waals surface area contributed by atoms with Gasteiger partial charge in [-0.05, 0) is 73.2 Å². The van der Waals surface area contributed by atoms with Crippen LogP contribution in [0.25, 0.3) is 0 Å². The van der Waals surface area contributed by atoms with Crippen molar-refractivity contribution >= 4 is 33.4 Å². The summed E-state index contributed by atoms with van der Waals surface area (Å²) >= 11 is 3.37. The second-order valence-electron chi connectivity index (χ2n) is 9.80. The SMILES string of the molecule is CCn1ncc(NC(=O)C23CC4CC(C2)CC(n2cnc(Br)n2)(C4)C3)c1C(=O)N(C)C. The van der Waals surface area contributed by atoms with E-state index >= 15 is 0 Å². The van der Waals surface area contributed by atoms with Gasteiger partial charge < -0.3 is 10.2 Å². The van der Waals surface area contributed by atoms with Gasteiger partial charge in [0.25, 0.3) is 5.91 Å². The van der Waals surface area contributed by atoms with Gasteiger partial charge >= 0.3 is 0 Å². The Morgan fingerprint density at radius 2 is 1.97 bits per heavy atom. The van der Waals surface area contributed by atoms with Crippen LogP contribution < -0.4 is 5.32 Å². The largest absolute Gasteiger partial charge is 0.343 e. The predicted octanol–water partition coefficient (Wildman–Crippen LogP) is 2.89. The molecule has 2 atom stereocenters. The molecule has 10 heteroatoms. The summed E-state index contributed by atoms with van der Waals surface area (Å²) in [4.78, 5) is 32.3. The molecule has 2 unspecified atom stereocenters. The number of rotatable bonds is 5. The molecule has 4 bridgehead atoms. The van der Waals surface area contributed by atoms with Gasteiger partial charge in [-0.25, -0.2) is 9.67 Å². The van der Waals surface area contributed by atoms with Crippen LogP contribution in [0, 0.1) is 17.3 Å². The number of anilines is 1. The van der Waals surface area contributed by atoms with E-state index in [1.165, 1.54) is 11.3 Å². The monoisotopic (exact) mass is 489 g/mol. The van der Waals surface area contributed by atoms with Crippen LogP contribution in [0.2, 0.25) is 0 Å². The summed E-state index contributed by atoms with van der Waals surface area (Å²) in [6.07, 6.45) is 9.22. The standard InChI is InChI=1S/C21H28BrN7O2/c1-4-28-16(17(30)27(2)3)15(10-24-28)25-18(31)20-6-13-5-14(7-20)9-21(8-13,11-20)29-12-23-19(22)26-29/h10,12-14H,4-9,11H2,1-3H3,(H,25,31). The minimum atomic E-state index is -0.449. The molecule has 2 heterocycles. The van der Waals surface area contributed by atoms with Gasteiger partial charge in [0.2, 0.25) is 10.6 Å². The molecule has 6 rings (SSSR count). The van der Waals surface area contributed by atoms with Crippen molar-refractivity contribution in [3.8, 4) is 0 Å².